The van der Waals surface area contributed by atoms with Crippen LogP contribution in [0.5, 0.6) is 0 Å². The first-order valence-electron chi connectivity index (χ1n) is 6.42. The smallest absolute Gasteiger partial charge is 0.122 e. The quantitative estimate of drug-likeness (QED) is 0.936. The minimum atomic E-state index is -0.655. The average molecular weight is 323 g/mol. The van der Waals surface area contributed by atoms with E-state index in [4.69, 9.17) is 0 Å². The van der Waals surface area contributed by atoms with Crippen molar-refractivity contribution >= 4 is 15.9 Å². The molecule has 0 aliphatic carbocycles. The first kappa shape index (κ1) is 14.3. The lowest BCUT2D eigenvalue weighted by atomic mass is 9.94. The topological polar surface area (TPSA) is 38.0 Å². The number of rotatable bonds is 3. The summed E-state index contributed by atoms with van der Waals surface area (Å²) in [6, 6.07) is 4.21. The molecule has 0 bridgehead atoms. The number of benzene rings is 1. The second-order valence-electron chi connectivity index (χ2n) is 4.91. The Labute approximate surface area is 122 Å². The molecule has 1 N–H and O–H groups in total. The maximum Gasteiger partial charge on any atom is 0.122 e. The van der Waals surface area contributed by atoms with Gasteiger partial charge in [-0.15, -0.1) is 0 Å². The maximum atomic E-state index is 10.7. The van der Waals surface area contributed by atoms with Gasteiger partial charge in [-0.25, -0.2) is 0 Å². The number of halogens is 1. The van der Waals surface area contributed by atoms with E-state index in [-0.39, 0.29) is 0 Å². The molecular weight excluding hydrogens is 304 g/mol. The third-order valence-corrected chi connectivity index (χ3v) is 4.01. The van der Waals surface area contributed by atoms with Crippen molar-refractivity contribution in [1.82, 2.24) is 9.78 Å². The molecule has 0 saturated heterocycles. The summed E-state index contributed by atoms with van der Waals surface area (Å²) >= 11 is 3.48. The molecule has 0 spiro atoms. The Morgan fingerprint density at radius 3 is 2.37 bits per heavy atom. The number of nitrogens with zero attached hydrogens (tertiary/aromatic N) is 2. The van der Waals surface area contributed by atoms with Crippen LogP contribution in [0.4, 0.5) is 0 Å². The Hall–Kier alpha value is -1.13. The predicted octanol–water partition coefficient (Wildman–Crippen LogP) is 3.67. The van der Waals surface area contributed by atoms with E-state index in [0.717, 1.165) is 33.4 Å². The number of aryl methyl sites for hydroxylation is 4. The highest BCUT2D eigenvalue weighted by molar-refractivity contribution is 9.10. The molecule has 0 amide bonds. The molecule has 3 nitrogen and oxygen atoms in total. The summed E-state index contributed by atoms with van der Waals surface area (Å²) in [4.78, 5) is 0. The van der Waals surface area contributed by atoms with Gasteiger partial charge in [-0.1, -0.05) is 17.7 Å². The van der Waals surface area contributed by atoms with E-state index in [9.17, 15) is 5.11 Å². The molecule has 0 aliphatic heterocycles. The zero-order valence-electron chi connectivity index (χ0n) is 11.7. The van der Waals surface area contributed by atoms with Crippen molar-refractivity contribution in [3.8, 4) is 0 Å². The van der Waals surface area contributed by atoms with E-state index >= 15 is 0 Å². The van der Waals surface area contributed by atoms with Gasteiger partial charge in [-0.3, -0.25) is 4.68 Å². The van der Waals surface area contributed by atoms with Crippen molar-refractivity contribution in [3.63, 3.8) is 0 Å². The number of hydrogen-bond acceptors (Lipinski definition) is 2. The summed E-state index contributed by atoms with van der Waals surface area (Å²) in [6.45, 7) is 8.91. The largest absolute Gasteiger partial charge is 0.382 e. The van der Waals surface area contributed by atoms with Gasteiger partial charge in [-0.2, -0.15) is 5.10 Å². The Kier molecular flexibility index (Phi) is 4.11. The molecule has 1 unspecified atom stereocenters. The van der Waals surface area contributed by atoms with Crippen LogP contribution in [0.3, 0.4) is 0 Å². The van der Waals surface area contributed by atoms with E-state index in [1.165, 1.54) is 5.56 Å². The fourth-order valence-electron chi connectivity index (χ4n) is 2.65. The summed E-state index contributed by atoms with van der Waals surface area (Å²) in [7, 11) is 0. The lowest BCUT2D eigenvalue weighted by Crippen LogP contribution is -2.12. The van der Waals surface area contributed by atoms with Gasteiger partial charge in [0.05, 0.1) is 16.4 Å². The van der Waals surface area contributed by atoms with E-state index in [1.807, 2.05) is 25.5 Å². The molecule has 0 radical (unpaired) electrons. The van der Waals surface area contributed by atoms with Crippen molar-refractivity contribution in [1.29, 1.82) is 0 Å². The molecular formula is C15H19BrN2O. The minimum Gasteiger partial charge on any atom is -0.382 e. The fraction of sp³-hybridized carbons (Fsp3) is 0.400. The monoisotopic (exact) mass is 322 g/mol. The van der Waals surface area contributed by atoms with Crippen LogP contribution in [0.2, 0.25) is 0 Å². The number of aliphatic hydroxyl groups excluding tert-OH is 1. The van der Waals surface area contributed by atoms with E-state index < -0.39 is 6.10 Å². The zero-order valence-corrected chi connectivity index (χ0v) is 13.3. The number of aliphatic hydroxyl groups is 1. The Balaban J connectivity index is 2.56. The van der Waals surface area contributed by atoms with Crippen molar-refractivity contribution in [2.45, 2.75) is 40.3 Å². The van der Waals surface area contributed by atoms with Gasteiger partial charge < -0.3 is 5.11 Å². The zero-order chi connectivity index (χ0) is 14.2. The fourth-order valence-corrected chi connectivity index (χ4v) is 3.17. The van der Waals surface area contributed by atoms with E-state index in [2.05, 4.69) is 40.1 Å². The summed E-state index contributed by atoms with van der Waals surface area (Å²) < 4.78 is 2.68. The van der Waals surface area contributed by atoms with E-state index in [0.29, 0.717) is 0 Å². The Bertz CT molecular complexity index is 581. The molecule has 1 aromatic heterocycles. The van der Waals surface area contributed by atoms with Crippen LogP contribution in [0, 0.1) is 20.8 Å². The van der Waals surface area contributed by atoms with Crippen LogP contribution >= 0.6 is 15.9 Å². The van der Waals surface area contributed by atoms with Crippen LogP contribution in [0.15, 0.2) is 22.8 Å². The van der Waals surface area contributed by atoms with Gasteiger partial charge >= 0.3 is 0 Å². The number of hydrogen-bond donors (Lipinski definition) is 1. The molecule has 4 heteroatoms. The van der Waals surface area contributed by atoms with Crippen molar-refractivity contribution < 1.29 is 5.11 Å². The molecule has 2 aromatic rings. The van der Waals surface area contributed by atoms with Crippen molar-refractivity contribution in [2.75, 3.05) is 0 Å². The molecule has 0 fully saturated rings. The number of aromatic nitrogens is 2. The van der Waals surface area contributed by atoms with Crippen LogP contribution in [0.25, 0.3) is 0 Å². The third kappa shape index (κ3) is 2.60. The summed E-state index contributed by atoms with van der Waals surface area (Å²) in [5.41, 5.74) is 5.23. The molecule has 2 rings (SSSR count). The third-order valence-electron chi connectivity index (χ3n) is 3.40. The normalized spacial score (nSPS) is 12.7. The highest BCUT2D eigenvalue weighted by Gasteiger charge is 2.22. The van der Waals surface area contributed by atoms with Gasteiger partial charge in [0.1, 0.15) is 6.10 Å². The van der Waals surface area contributed by atoms with Gasteiger partial charge in [0.25, 0.3) is 0 Å². The van der Waals surface area contributed by atoms with Crippen LogP contribution in [-0.4, -0.2) is 14.9 Å². The van der Waals surface area contributed by atoms with Crippen molar-refractivity contribution in [3.05, 3.63) is 50.8 Å². The highest BCUT2D eigenvalue weighted by atomic mass is 79.9. The molecule has 1 heterocycles. The molecule has 0 saturated carbocycles. The van der Waals surface area contributed by atoms with Gasteiger partial charge in [0.2, 0.25) is 0 Å². The van der Waals surface area contributed by atoms with Crippen LogP contribution in [0.1, 0.15) is 41.0 Å². The standard InChI is InChI=1S/C15H19BrN2O/c1-5-18-14(12(16)8-17-18)15(19)13-10(3)6-9(2)7-11(13)4/h6-8,15,19H,5H2,1-4H3. The second-order valence-corrected chi connectivity index (χ2v) is 5.76. The molecule has 19 heavy (non-hydrogen) atoms. The average Bonchev–Trinajstić information content (AvgIpc) is 2.68. The van der Waals surface area contributed by atoms with Crippen LogP contribution in [-0.2, 0) is 6.54 Å². The van der Waals surface area contributed by atoms with Crippen molar-refractivity contribution in [2.24, 2.45) is 0 Å². The predicted molar refractivity (Wildman–Crippen MR) is 80.3 cm³/mol. The lowest BCUT2D eigenvalue weighted by Gasteiger charge is -2.19. The van der Waals surface area contributed by atoms with Gasteiger partial charge in [-0.05, 0) is 60.3 Å². The van der Waals surface area contributed by atoms with Crippen LogP contribution < -0.4 is 0 Å². The molecule has 1 aromatic carbocycles. The SMILES string of the molecule is CCn1ncc(Br)c1C(O)c1c(C)cc(C)cc1C. The summed E-state index contributed by atoms with van der Waals surface area (Å²) in [5.74, 6) is 0. The lowest BCUT2D eigenvalue weighted by molar-refractivity contribution is 0.205. The Morgan fingerprint density at radius 2 is 1.84 bits per heavy atom. The van der Waals surface area contributed by atoms with E-state index in [1.54, 1.807) is 6.20 Å². The summed E-state index contributed by atoms with van der Waals surface area (Å²) in [6.07, 6.45) is 1.08. The first-order valence-corrected chi connectivity index (χ1v) is 7.22. The molecule has 0 aliphatic rings. The van der Waals surface area contributed by atoms with Gasteiger partial charge in [0, 0.05) is 6.54 Å². The Morgan fingerprint density at radius 1 is 1.26 bits per heavy atom. The second kappa shape index (κ2) is 5.47. The molecule has 1 atom stereocenters. The maximum absolute atomic E-state index is 10.7. The molecule has 102 valence electrons. The first-order chi connectivity index (χ1) is 8.95. The minimum absolute atomic E-state index is 0.655. The highest BCUT2D eigenvalue weighted by Crippen LogP contribution is 2.32. The van der Waals surface area contributed by atoms with Gasteiger partial charge in [0.15, 0.2) is 0 Å². The summed E-state index contributed by atoms with van der Waals surface area (Å²) in [5, 5.41) is 15.0.